The third-order valence-electron chi connectivity index (χ3n) is 4.29. The first-order valence-corrected chi connectivity index (χ1v) is 7.95. The van der Waals surface area contributed by atoms with E-state index in [0.717, 1.165) is 38.2 Å². The van der Waals surface area contributed by atoms with Gasteiger partial charge in [0.25, 0.3) is 0 Å². The van der Waals surface area contributed by atoms with Gasteiger partial charge in [0.2, 0.25) is 0 Å². The molecule has 21 heavy (non-hydrogen) atoms. The lowest BCUT2D eigenvalue weighted by Crippen LogP contribution is -2.59. The van der Waals surface area contributed by atoms with Crippen molar-refractivity contribution in [1.29, 1.82) is 0 Å². The molecule has 0 amide bonds. The van der Waals surface area contributed by atoms with E-state index in [-0.39, 0.29) is 5.82 Å². The summed E-state index contributed by atoms with van der Waals surface area (Å²) in [5.41, 5.74) is 1.01. The lowest BCUT2D eigenvalue weighted by molar-refractivity contribution is 0.0881. The zero-order valence-electron chi connectivity index (χ0n) is 13.1. The zero-order chi connectivity index (χ0) is 15.4. The first-order valence-electron chi connectivity index (χ1n) is 7.57. The smallest absolute Gasteiger partial charge is 0.124 e. The molecule has 1 heterocycles. The van der Waals surface area contributed by atoms with Gasteiger partial charge in [-0.3, -0.25) is 4.90 Å². The van der Waals surface area contributed by atoms with Gasteiger partial charge in [0.15, 0.2) is 0 Å². The predicted molar refractivity (Wildman–Crippen MR) is 86.5 cm³/mol. The molecular formula is C16H25ClFN3. The Balaban J connectivity index is 2.14. The molecule has 1 aliphatic heterocycles. The molecule has 2 unspecified atom stereocenters. The fraction of sp³-hybridized carbons (Fsp3) is 0.625. The number of nitrogens with zero attached hydrogens (tertiary/aromatic N) is 2. The van der Waals surface area contributed by atoms with Crippen LogP contribution in [0.15, 0.2) is 18.2 Å². The Morgan fingerprint density at radius 2 is 2.14 bits per heavy atom. The number of nitrogens with one attached hydrogen (secondary N) is 1. The summed E-state index contributed by atoms with van der Waals surface area (Å²) < 4.78 is 13.2. The Morgan fingerprint density at radius 3 is 2.81 bits per heavy atom. The van der Waals surface area contributed by atoms with Crippen LogP contribution < -0.4 is 5.32 Å². The summed E-state index contributed by atoms with van der Waals surface area (Å²) in [6, 6.07) is 5.43. The van der Waals surface area contributed by atoms with Gasteiger partial charge in [-0.1, -0.05) is 24.6 Å². The summed E-state index contributed by atoms with van der Waals surface area (Å²) in [6.45, 7) is 6.24. The van der Waals surface area contributed by atoms with E-state index >= 15 is 0 Å². The average molecular weight is 314 g/mol. The minimum absolute atomic E-state index is 0.279. The summed E-state index contributed by atoms with van der Waals surface area (Å²) in [5, 5.41) is 4.09. The van der Waals surface area contributed by atoms with E-state index in [1.807, 2.05) is 0 Å². The van der Waals surface area contributed by atoms with Crippen molar-refractivity contribution >= 4 is 11.6 Å². The Labute approximate surface area is 132 Å². The molecule has 0 saturated carbocycles. The van der Waals surface area contributed by atoms with Crippen LogP contribution in [-0.2, 0) is 6.42 Å². The highest BCUT2D eigenvalue weighted by Crippen LogP contribution is 2.21. The highest BCUT2D eigenvalue weighted by molar-refractivity contribution is 6.31. The van der Waals surface area contributed by atoms with Gasteiger partial charge >= 0.3 is 0 Å². The van der Waals surface area contributed by atoms with Crippen LogP contribution in [0.4, 0.5) is 4.39 Å². The van der Waals surface area contributed by atoms with Crippen LogP contribution in [0.2, 0.25) is 5.02 Å². The van der Waals surface area contributed by atoms with Gasteiger partial charge in [-0.2, -0.15) is 0 Å². The molecule has 0 spiro atoms. The van der Waals surface area contributed by atoms with Crippen LogP contribution >= 0.6 is 11.6 Å². The van der Waals surface area contributed by atoms with Gasteiger partial charge in [-0.05, 0) is 44.8 Å². The number of likely N-dealkylation sites (N-methyl/N-ethyl adjacent to an activating group) is 3. The monoisotopic (exact) mass is 313 g/mol. The van der Waals surface area contributed by atoms with Crippen LogP contribution in [0, 0.1) is 5.82 Å². The van der Waals surface area contributed by atoms with E-state index < -0.39 is 0 Å². The van der Waals surface area contributed by atoms with E-state index in [2.05, 4.69) is 36.1 Å². The number of hydrogen-bond donors (Lipinski definition) is 1. The minimum atomic E-state index is -0.279. The number of hydrogen-bond acceptors (Lipinski definition) is 3. The van der Waals surface area contributed by atoms with Gasteiger partial charge < -0.3 is 10.2 Å². The molecule has 1 saturated heterocycles. The molecule has 0 aromatic heterocycles. The molecular weight excluding hydrogens is 289 g/mol. The molecule has 3 nitrogen and oxygen atoms in total. The van der Waals surface area contributed by atoms with Crippen molar-refractivity contribution in [3.63, 3.8) is 0 Å². The Morgan fingerprint density at radius 1 is 1.38 bits per heavy atom. The maximum absolute atomic E-state index is 13.2. The van der Waals surface area contributed by atoms with Crippen LogP contribution in [0.5, 0.6) is 0 Å². The topological polar surface area (TPSA) is 18.5 Å². The van der Waals surface area contributed by atoms with Crippen molar-refractivity contribution < 1.29 is 4.39 Å². The van der Waals surface area contributed by atoms with Crippen molar-refractivity contribution in [2.75, 3.05) is 40.3 Å². The average Bonchev–Trinajstić information content (AvgIpc) is 2.44. The SMILES string of the molecule is CCNC(Cc1ccc(F)cc1Cl)C1CN(C)CCN1C. The molecule has 0 radical (unpaired) electrons. The molecule has 2 rings (SSSR count). The molecule has 0 aliphatic carbocycles. The lowest BCUT2D eigenvalue weighted by Gasteiger charge is -2.42. The second kappa shape index (κ2) is 7.54. The van der Waals surface area contributed by atoms with Crippen molar-refractivity contribution in [2.24, 2.45) is 0 Å². The quantitative estimate of drug-likeness (QED) is 0.899. The van der Waals surface area contributed by atoms with Crippen molar-refractivity contribution in [1.82, 2.24) is 15.1 Å². The number of benzene rings is 1. The molecule has 1 aromatic rings. The van der Waals surface area contributed by atoms with Crippen LogP contribution in [0.3, 0.4) is 0 Å². The maximum atomic E-state index is 13.2. The summed E-state index contributed by atoms with van der Waals surface area (Å²) in [5.74, 6) is -0.279. The van der Waals surface area contributed by atoms with E-state index in [9.17, 15) is 4.39 Å². The van der Waals surface area contributed by atoms with Gasteiger partial charge in [-0.15, -0.1) is 0 Å². The van der Waals surface area contributed by atoms with Crippen LogP contribution in [0.1, 0.15) is 12.5 Å². The number of piperazine rings is 1. The largest absolute Gasteiger partial charge is 0.312 e. The maximum Gasteiger partial charge on any atom is 0.124 e. The first-order chi connectivity index (χ1) is 10.0. The van der Waals surface area contributed by atoms with Gasteiger partial charge in [-0.25, -0.2) is 4.39 Å². The summed E-state index contributed by atoms with van der Waals surface area (Å²) in [7, 11) is 4.34. The van der Waals surface area contributed by atoms with Crippen molar-refractivity contribution in [3.05, 3.63) is 34.6 Å². The van der Waals surface area contributed by atoms with Crippen LogP contribution in [-0.4, -0.2) is 62.2 Å². The van der Waals surface area contributed by atoms with Crippen LogP contribution in [0.25, 0.3) is 0 Å². The molecule has 5 heteroatoms. The zero-order valence-corrected chi connectivity index (χ0v) is 13.8. The Kier molecular flexibility index (Phi) is 5.99. The Hall–Kier alpha value is -0.680. The third kappa shape index (κ3) is 4.39. The predicted octanol–water partition coefficient (Wildman–Crippen LogP) is 2.25. The Bertz CT molecular complexity index is 469. The fourth-order valence-electron chi connectivity index (χ4n) is 3.01. The second-order valence-corrected chi connectivity index (χ2v) is 6.32. The second-order valence-electron chi connectivity index (χ2n) is 5.91. The summed E-state index contributed by atoms with van der Waals surface area (Å²) in [6.07, 6.45) is 0.815. The minimum Gasteiger partial charge on any atom is -0.312 e. The lowest BCUT2D eigenvalue weighted by atomic mass is 9.96. The van der Waals surface area contributed by atoms with Crippen molar-refractivity contribution in [3.8, 4) is 0 Å². The van der Waals surface area contributed by atoms with E-state index in [1.165, 1.54) is 12.1 Å². The molecule has 118 valence electrons. The summed E-state index contributed by atoms with van der Waals surface area (Å²) in [4.78, 5) is 4.77. The van der Waals surface area contributed by atoms with Crippen molar-refractivity contribution in [2.45, 2.75) is 25.4 Å². The highest BCUT2D eigenvalue weighted by Gasteiger charge is 2.29. The van der Waals surface area contributed by atoms with E-state index in [0.29, 0.717) is 17.1 Å². The van der Waals surface area contributed by atoms with E-state index in [4.69, 9.17) is 11.6 Å². The van der Waals surface area contributed by atoms with E-state index in [1.54, 1.807) is 6.07 Å². The fourth-order valence-corrected chi connectivity index (χ4v) is 3.25. The third-order valence-corrected chi connectivity index (χ3v) is 4.64. The normalized spacial score (nSPS) is 22.4. The number of rotatable bonds is 5. The molecule has 1 aromatic carbocycles. The molecule has 2 atom stereocenters. The number of halogens is 2. The summed E-state index contributed by atoms with van der Waals surface area (Å²) >= 11 is 6.19. The van der Waals surface area contributed by atoms with Gasteiger partial charge in [0, 0.05) is 36.7 Å². The van der Waals surface area contributed by atoms with Gasteiger partial charge in [0.05, 0.1) is 0 Å². The molecule has 0 bridgehead atoms. The first kappa shape index (κ1) is 16.7. The highest BCUT2D eigenvalue weighted by atomic mass is 35.5. The molecule has 1 N–H and O–H groups in total. The molecule has 1 fully saturated rings. The standard InChI is InChI=1S/C16H25ClFN3/c1-4-19-15(16-11-20(2)7-8-21(16)3)9-12-5-6-13(18)10-14(12)17/h5-6,10,15-16,19H,4,7-9,11H2,1-3H3. The molecule has 1 aliphatic rings. The van der Waals surface area contributed by atoms with Gasteiger partial charge in [0.1, 0.15) is 5.82 Å².